The highest BCUT2D eigenvalue weighted by molar-refractivity contribution is 7.16. The molecular weight excluding hydrogens is 424 g/mol. The van der Waals surface area contributed by atoms with Gasteiger partial charge in [-0.05, 0) is 49.9 Å². The van der Waals surface area contributed by atoms with Gasteiger partial charge in [0.25, 0.3) is 5.91 Å². The van der Waals surface area contributed by atoms with E-state index in [1.54, 1.807) is 24.3 Å². The van der Waals surface area contributed by atoms with Crippen molar-refractivity contribution in [2.24, 2.45) is 11.8 Å². The summed E-state index contributed by atoms with van der Waals surface area (Å²) in [6.07, 6.45) is 3.31. The number of aliphatic carboxylic acids is 1. The molecule has 0 spiro atoms. The molecule has 160 valence electrons. The summed E-state index contributed by atoms with van der Waals surface area (Å²) in [5, 5.41) is 16.2. The molecule has 3 rings (SSSR count). The first kappa shape index (κ1) is 22.3. The maximum Gasteiger partial charge on any atom is 0.307 e. The lowest BCUT2D eigenvalue weighted by atomic mass is 9.79. The predicted molar refractivity (Wildman–Crippen MR) is 120 cm³/mol. The second kappa shape index (κ2) is 9.62. The molecule has 0 saturated heterocycles. The van der Waals surface area contributed by atoms with Gasteiger partial charge in [-0.3, -0.25) is 14.4 Å². The second-order valence-electron chi connectivity index (χ2n) is 7.48. The lowest BCUT2D eigenvalue weighted by Gasteiger charge is -2.27. The molecule has 1 aliphatic rings. The average molecular weight is 449 g/mol. The SMILES string of the molecule is CCc1c(C)sc(NC(=O)[C@H]2CCCC[C@@H]2C(=O)O)c1C(=O)Nc1cccc(Cl)c1. The van der Waals surface area contributed by atoms with Crippen molar-refractivity contribution < 1.29 is 19.5 Å². The van der Waals surface area contributed by atoms with E-state index < -0.39 is 17.8 Å². The van der Waals surface area contributed by atoms with Crippen molar-refractivity contribution in [1.29, 1.82) is 0 Å². The molecule has 0 aliphatic heterocycles. The molecule has 1 fully saturated rings. The summed E-state index contributed by atoms with van der Waals surface area (Å²) in [5.41, 5.74) is 1.86. The highest BCUT2D eigenvalue weighted by atomic mass is 35.5. The number of anilines is 2. The summed E-state index contributed by atoms with van der Waals surface area (Å²) >= 11 is 7.35. The quantitative estimate of drug-likeness (QED) is 0.554. The molecule has 2 aromatic rings. The zero-order valence-electron chi connectivity index (χ0n) is 17.0. The Hall–Kier alpha value is -2.38. The minimum atomic E-state index is -0.939. The summed E-state index contributed by atoms with van der Waals surface area (Å²) in [4.78, 5) is 38.6. The van der Waals surface area contributed by atoms with Gasteiger partial charge in [-0.25, -0.2) is 0 Å². The van der Waals surface area contributed by atoms with E-state index in [0.717, 1.165) is 23.3 Å². The molecule has 1 aliphatic carbocycles. The maximum absolute atomic E-state index is 13.1. The van der Waals surface area contributed by atoms with Crippen molar-refractivity contribution in [3.05, 3.63) is 45.3 Å². The smallest absolute Gasteiger partial charge is 0.307 e. The third-order valence-corrected chi connectivity index (χ3v) is 6.83. The standard InChI is InChI=1S/C22H25ClN2O4S/c1-3-15-12(2)30-21(18(15)20(27)24-14-8-6-7-13(23)11-14)25-19(26)16-9-4-5-10-17(16)22(28)29/h6-8,11,16-17H,3-5,9-10H2,1-2H3,(H,24,27)(H,25,26)(H,28,29)/t16-,17-/m0/s1. The van der Waals surface area contributed by atoms with Gasteiger partial charge in [0.2, 0.25) is 5.91 Å². The van der Waals surface area contributed by atoms with Crippen molar-refractivity contribution in [3.8, 4) is 0 Å². The number of rotatable bonds is 6. The fraction of sp³-hybridized carbons (Fsp3) is 0.409. The molecule has 0 bridgehead atoms. The van der Waals surface area contributed by atoms with Crippen LogP contribution in [0.25, 0.3) is 0 Å². The zero-order valence-corrected chi connectivity index (χ0v) is 18.5. The molecule has 1 aromatic heterocycles. The number of aryl methyl sites for hydroxylation is 1. The zero-order chi connectivity index (χ0) is 21.8. The number of nitrogens with one attached hydrogen (secondary N) is 2. The van der Waals surface area contributed by atoms with Crippen LogP contribution in [0.1, 0.15) is 53.4 Å². The molecule has 0 radical (unpaired) electrons. The Kier molecular flexibility index (Phi) is 7.15. The second-order valence-corrected chi connectivity index (χ2v) is 9.15. The van der Waals surface area contributed by atoms with E-state index in [1.165, 1.54) is 11.3 Å². The highest BCUT2D eigenvalue weighted by Crippen LogP contribution is 2.36. The Morgan fingerprint density at radius 3 is 2.50 bits per heavy atom. The van der Waals surface area contributed by atoms with E-state index in [1.807, 2.05) is 13.8 Å². The summed E-state index contributed by atoms with van der Waals surface area (Å²) in [6, 6.07) is 6.86. The van der Waals surface area contributed by atoms with E-state index in [2.05, 4.69) is 10.6 Å². The molecule has 0 unspecified atom stereocenters. The number of amides is 2. The first-order valence-corrected chi connectivity index (χ1v) is 11.2. The van der Waals surface area contributed by atoms with Crippen LogP contribution in [0.5, 0.6) is 0 Å². The number of hydrogen-bond acceptors (Lipinski definition) is 4. The van der Waals surface area contributed by atoms with Crippen LogP contribution in [-0.4, -0.2) is 22.9 Å². The summed E-state index contributed by atoms with van der Waals surface area (Å²) in [7, 11) is 0. The number of halogens is 1. The molecule has 1 heterocycles. The molecule has 8 heteroatoms. The minimum absolute atomic E-state index is 0.327. The number of benzene rings is 1. The van der Waals surface area contributed by atoms with Crippen molar-refractivity contribution in [3.63, 3.8) is 0 Å². The normalized spacial score (nSPS) is 18.6. The van der Waals surface area contributed by atoms with Crippen LogP contribution in [0.4, 0.5) is 10.7 Å². The predicted octanol–water partition coefficient (Wildman–Crippen LogP) is 5.35. The molecule has 1 saturated carbocycles. The van der Waals surface area contributed by atoms with Gasteiger partial charge >= 0.3 is 5.97 Å². The van der Waals surface area contributed by atoms with E-state index in [-0.39, 0.29) is 11.8 Å². The Balaban J connectivity index is 1.87. The monoisotopic (exact) mass is 448 g/mol. The number of carboxylic acid groups (broad SMARTS) is 1. The van der Waals surface area contributed by atoms with Crippen LogP contribution in [-0.2, 0) is 16.0 Å². The molecular formula is C22H25ClN2O4S. The van der Waals surface area contributed by atoms with Gasteiger partial charge < -0.3 is 15.7 Å². The Morgan fingerprint density at radius 1 is 1.17 bits per heavy atom. The van der Waals surface area contributed by atoms with Crippen LogP contribution in [0, 0.1) is 18.8 Å². The number of carbonyl (C=O) groups excluding carboxylic acids is 2. The first-order chi connectivity index (χ1) is 14.3. The molecule has 3 N–H and O–H groups in total. The fourth-order valence-corrected chi connectivity index (χ4v) is 5.37. The van der Waals surface area contributed by atoms with Crippen molar-refractivity contribution in [1.82, 2.24) is 0 Å². The molecule has 6 nitrogen and oxygen atoms in total. The number of carbonyl (C=O) groups is 3. The fourth-order valence-electron chi connectivity index (χ4n) is 4.04. The maximum atomic E-state index is 13.1. The van der Waals surface area contributed by atoms with Crippen LogP contribution in [0.3, 0.4) is 0 Å². The molecule has 2 atom stereocenters. The van der Waals surface area contributed by atoms with Gasteiger partial charge in [0.15, 0.2) is 0 Å². The highest BCUT2D eigenvalue weighted by Gasteiger charge is 2.36. The lowest BCUT2D eigenvalue weighted by Crippen LogP contribution is -2.36. The van der Waals surface area contributed by atoms with Crippen LogP contribution in [0.2, 0.25) is 5.02 Å². The topological polar surface area (TPSA) is 95.5 Å². The van der Waals surface area contributed by atoms with Gasteiger partial charge in [-0.2, -0.15) is 0 Å². The molecule has 1 aromatic carbocycles. The number of thiophene rings is 1. The lowest BCUT2D eigenvalue weighted by molar-refractivity contribution is -0.147. The van der Waals surface area contributed by atoms with Gasteiger partial charge in [0, 0.05) is 15.6 Å². The average Bonchev–Trinajstić information content (AvgIpc) is 3.02. The third kappa shape index (κ3) is 4.84. The number of carboxylic acids is 1. The summed E-state index contributed by atoms with van der Waals surface area (Å²) in [5.74, 6) is -2.87. The van der Waals surface area contributed by atoms with Gasteiger partial charge in [0.1, 0.15) is 5.00 Å². The Morgan fingerprint density at radius 2 is 1.87 bits per heavy atom. The Bertz CT molecular complexity index is 972. The molecule has 30 heavy (non-hydrogen) atoms. The van der Waals surface area contributed by atoms with Gasteiger partial charge in [0.05, 0.1) is 17.4 Å². The van der Waals surface area contributed by atoms with Crippen LogP contribution < -0.4 is 10.6 Å². The van der Waals surface area contributed by atoms with Crippen LogP contribution >= 0.6 is 22.9 Å². The van der Waals surface area contributed by atoms with Gasteiger partial charge in [-0.1, -0.05) is 37.4 Å². The summed E-state index contributed by atoms with van der Waals surface area (Å²) < 4.78 is 0. The van der Waals surface area contributed by atoms with Crippen LogP contribution in [0.15, 0.2) is 24.3 Å². The van der Waals surface area contributed by atoms with Gasteiger partial charge in [-0.15, -0.1) is 11.3 Å². The first-order valence-electron chi connectivity index (χ1n) is 10.0. The Labute approximate surface area is 184 Å². The van der Waals surface area contributed by atoms with Crippen molar-refractivity contribution >= 4 is 51.4 Å². The number of hydrogen-bond donors (Lipinski definition) is 3. The largest absolute Gasteiger partial charge is 0.481 e. The molecule has 2 amide bonds. The third-order valence-electron chi connectivity index (χ3n) is 5.53. The van der Waals surface area contributed by atoms with Crippen molar-refractivity contribution in [2.75, 3.05) is 10.6 Å². The van der Waals surface area contributed by atoms with E-state index in [9.17, 15) is 19.5 Å². The van der Waals surface area contributed by atoms with E-state index >= 15 is 0 Å². The van der Waals surface area contributed by atoms with E-state index in [0.29, 0.717) is 40.5 Å². The van der Waals surface area contributed by atoms with Crippen molar-refractivity contribution in [2.45, 2.75) is 46.0 Å². The minimum Gasteiger partial charge on any atom is -0.481 e. The summed E-state index contributed by atoms with van der Waals surface area (Å²) in [6.45, 7) is 3.87. The van der Waals surface area contributed by atoms with E-state index in [4.69, 9.17) is 11.6 Å².